The molecular weight excluding hydrogens is 210 g/mol. The lowest BCUT2D eigenvalue weighted by Gasteiger charge is -2.15. The Labute approximate surface area is 93.2 Å². The van der Waals surface area contributed by atoms with Crippen molar-refractivity contribution in [3.8, 4) is 0 Å². The highest BCUT2D eigenvalue weighted by molar-refractivity contribution is 5.98. The summed E-state index contributed by atoms with van der Waals surface area (Å²) < 4.78 is 4.53. The smallest absolute Gasteiger partial charge is 0.337 e. The molecule has 1 aromatic rings. The predicted octanol–water partition coefficient (Wildman–Crippen LogP) is 1.24. The molecule has 0 heterocycles. The Kier molecular flexibility index (Phi) is 3.50. The molecule has 0 bridgehead atoms. The van der Waals surface area contributed by atoms with Crippen LogP contribution in [0.15, 0.2) is 18.2 Å². The van der Waals surface area contributed by atoms with Gasteiger partial charge in [0, 0.05) is 14.1 Å². The number of ether oxygens (including phenoxy) is 1. The maximum absolute atomic E-state index is 11.2. The number of anilines is 1. The molecule has 0 amide bonds. The standard InChI is InChI=1S/C11H13NO4/c1-12(2)9-5-4-7(11(15)16-3)6-8(9)10(13)14/h4-6H,1-3H3,(H,13,14). The van der Waals surface area contributed by atoms with E-state index < -0.39 is 11.9 Å². The highest BCUT2D eigenvalue weighted by atomic mass is 16.5. The monoisotopic (exact) mass is 223 g/mol. The average Bonchev–Trinajstić information content (AvgIpc) is 2.26. The molecule has 1 aromatic carbocycles. The number of carbonyl (C=O) groups is 2. The van der Waals surface area contributed by atoms with Crippen LogP contribution in [0.3, 0.4) is 0 Å². The summed E-state index contributed by atoms with van der Waals surface area (Å²) in [4.78, 5) is 23.9. The maximum Gasteiger partial charge on any atom is 0.337 e. The Morgan fingerprint density at radius 3 is 2.38 bits per heavy atom. The summed E-state index contributed by atoms with van der Waals surface area (Å²) in [6, 6.07) is 4.42. The minimum absolute atomic E-state index is 0.0768. The molecule has 0 saturated carbocycles. The molecule has 0 saturated heterocycles. The van der Waals surface area contributed by atoms with Gasteiger partial charge in [-0.2, -0.15) is 0 Å². The number of hydrogen-bond donors (Lipinski definition) is 1. The summed E-state index contributed by atoms with van der Waals surface area (Å²) in [5.74, 6) is -1.62. The fourth-order valence-corrected chi connectivity index (χ4v) is 1.34. The second-order valence-electron chi connectivity index (χ2n) is 3.42. The van der Waals surface area contributed by atoms with E-state index in [2.05, 4.69) is 4.74 Å². The van der Waals surface area contributed by atoms with Gasteiger partial charge in [-0.05, 0) is 18.2 Å². The molecule has 5 nitrogen and oxygen atoms in total. The van der Waals surface area contributed by atoms with Gasteiger partial charge >= 0.3 is 11.9 Å². The molecule has 0 aliphatic rings. The molecule has 0 radical (unpaired) electrons. The number of hydrogen-bond acceptors (Lipinski definition) is 4. The number of carbonyl (C=O) groups excluding carboxylic acids is 1. The van der Waals surface area contributed by atoms with E-state index >= 15 is 0 Å². The normalized spacial score (nSPS) is 9.69. The average molecular weight is 223 g/mol. The van der Waals surface area contributed by atoms with Crippen LogP contribution < -0.4 is 4.90 Å². The third-order valence-corrected chi connectivity index (χ3v) is 2.13. The minimum atomic E-state index is -1.07. The number of rotatable bonds is 3. The van der Waals surface area contributed by atoms with Gasteiger partial charge in [-0.15, -0.1) is 0 Å². The van der Waals surface area contributed by atoms with Crippen molar-refractivity contribution in [2.45, 2.75) is 0 Å². The third kappa shape index (κ3) is 2.31. The van der Waals surface area contributed by atoms with Gasteiger partial charge in [0.1, 0.15) is 0 Å². The van der Waals surface area contributed by atoms with Gasteiger partial charge in [-0.1, -0.05) is 0 Å². The zero-order valence-electron chi connectivity index (χ0n) is 9.35. The molecule has 86 valence electrons. The molecule has 1 rings (SSSR count). The number of carboxylic acids is 1. The van der Waals surface area contributed by atoms with E-state index in [9.17, 15) is 9.59 Å². The van der Waals surface area contributed by atoms with Gasteiger partial charge in [0.2, 0.25) is 0 Å². The van der Waals surface area contributed by atoms with E-state index in [1.165, 1.54) is 19.2 Å². The first-order valence-electron chi connectivity index (χ1n) is 4.60. The van der Waals surface area contributed by atoms with E-state index in [4.69, 9.17) is 5.11 Å². The molecule has 1 N–H and O–H groups in total. The van der Waals surface area contributed by atoms with Crippen molar-refractivity contribution < 1.29 is 19.4 Å². The van der Waals surface area contributed by atoms with Gasteiger partial charge in [0.25, 0.3) is 0 Å². The number of methoxy groups -OCH3 is 1. The van der Waals surface area contributed by atoms with Gasteiger partial charge in [-0.3, -0.25) is 0 Å². The van der Waals surface area contributed by atoms with Crippen LogP contribution >= 0.6 is 0 Å². The topological polar surface area (TPSA) is 66.8 Å². The SMILES string of the molecule is COC(=O)c1ccc(N(C)C)c(C(=O)O)c1. The van der Waals surface area contributed by atoms with Gasteiger partial charge in [0.05, 0.1) is 23.9 Å². The number of esters is 1. The molecule has 5 heteroatoms. The molecule has 0 atom stereocenters. The maximum atomic E-state index is 11.2. The Bertz CT molecular complexity index is 426. The number of nitrogens with zero attached hydrogens (tertiary/aromatic N) is 1. The van der Waals surface area contributed by atoms with E-state index in [-0.39, 0.29) is 11.1 Å². The highest BCUT2D eigenvalue weighted by Crippen LogP contribution is 2.20. The van der Waals surface area contributed by atoms with E-state index in [1.54, 1.807) is 25.1 Å². The first-order valence-corrected chi connectivity index (χ1v) is 4.60. The second-order valence-corrected chi connectivity index (χ2v) is 3.42. The summed E-state index contributed by atoms with van der Waals surface area (Å²) in [6.07, 6.45) is 0. The number of aromatic carboxylic acids is 1. The Hall–Kier alpha value is -2.04. The second kappa shape index (κ2) is 4.65. The Morgan fingerprint density at radius 2 is 1.94 bits per heavy atom. The lowest BCUT2D eigenvalue weighted by Crippen LogP contribution is -2.15. The van der Waals surface area contributed by atoms with Crippen molar-refractivity contribution in [3.63, 3.8) is 0 Å². The van der Waals surface area contributed by atoms with E-state index in [0.717, 1.165) is 0 Å². The van der Waals surface area contributed by atoms with Crippen LogP contribution in [0.25, 0.3) is 0 Å². The predicted molar refractivity (Wildman–Crippen MR) is 59.1 cm³/mol. The zero-order chi connectivity index (χ0) is 12.3. The Morgan fingerprint density at radius 1 is 1.31 bits per heavy atom. The molecule has 16 heavy (non-hydrogen) atoms. The number of carboxylic acid groups (broad SMARTS) is 1. The summed E-state index contributed by atoms with van der Waals surface area (Å²) >= 11 is 0. The summed E-state index contributed by atoms with van der Waals surface area (Å²) in [7, 11) is 4.72. The molecule has 0 unspecified atom stereocenters. The van der Waals surface area contributed by atoms with Crippen molar-refractivity contribution in [2.75, 3.05) is 26.1 Å². The van der Waals surface area contributed by atoms with Crippen LogP contribution in [-0.4, -0.2) is 38.3 Å². The van der Waals surface area contributed by atoms with Crippen LogP contribution in [0.2, 0.25) is 0 Å². The summed E-state index contributed by atoms with van der Waals surface area (Å²) in [6.45, 7) is 0. The van der Waals surface area contributed by atoms with Gasteiger partial charge < -0.3 is 14.7 Å². The van der Waals surface area contributed by atoms with Crippen molar-refractivity contribution >= 4 is 17.6 Å². The lowest BCUT2D eigenvalue weighted by atomic mass is 10.1. The van der Waals surface area contributed by atoms with E-state index in [1.807, 2.05) is 0 Å². The molecule has 0 fully saturated rings. The van der Waals surface area contributed by atoms with Crippen molar-refractivity contribution in [1.29, 1.82) is 0 Å². The zero-order valence-corrected chi connectivity index (χ0v) is 9.35. The summed E-state index contributed by atoms with van der Waals surface area (Å²) in [5, 5.41) is 9.01. The molecule has 0 aliphatic heterocycles. The number of benzene rings is 1. The quantitative estimate of drug-likeness (QED) is 0.781. The molecule has 0 aliphatic carbocycles. The van der Waals surface area contributed by atoms with E-state index in [0.29, 0.717) is 5.69 Å². The van der Waals surface area contributed by atoms with Crippen molar-refractivity contribution in [2.24, 2.45) is 0 Å². The lowest BCUT2D eigenvalue weighted by molar-refractivity contribution is 0.0600. The van der Waals surface area contributed by atoms with Crippen LogP contribution in [0, 0.1) is 0 Å². The largest absolute Gasteiger partial charge is 0.478 e. The molecule has 0 spiro atoms. The van der Waals surface area contributed by atoms with Crippen LogP contribution in [0.4, 0.5) is 5.69 Å². The van der Waals surface area contributed by atoms with Crippen LogP contribution in [0.1, 0.15) is 20.7 Å². The first-order chi connectivity index (χ1) is 7.47. The Balaban J connectivity index is 3.28. The first kappa shape index (κ1) is 12.0. The minimum Gasteiger partial charge on any atom is -0.478 e. The molecule has 0 aromatic heterocycles. The fraction of sp³-hybridized carbons (Fsp3) is 0.273. The third-order valence-electron chi connectivity index (χ3n) is 2.13. The van der Waals surface area contributed by atoms with Crippen LogP contribution in [0.5, 0.6) is 0 Å². The van der Waals surface area contributed by atoms with Gasteiger partial charge in [-0.25, -0.2) is 9.59 Å². The summed E-state index contributed by atoms with van der Waals surface area (Å²) in [5.41, 5.74) is 0.846. The molecular formula is C11H13NO4. The van der Waals surface area contributed by atoms with Crippen molar-refractivity contribution in [3.05, 3.63) is 29.3 Å². The van der Waals surface area contributed by atoms with Crippen molar-refractivity contribution in [1.82, 2.24) is 0 Å². The highest BCUT2D eigenvalue weighted by Gasteiger charge is 2.15. The fourth-order valence-electron chi connectivity index (χ4n) is 1.34. The van der Waals surface area contributed by atoms with Crippen LogP contribution in [-0.2, 0) is 4.74 Å². The van der Waals surface area contributed by atoms with Gasteiger partial charge in [0.15, 0.2) is 0 Å².